The molecule has 1 aromatic heterocycles. The summed E-state index contributed by atoms with van der Waals surface area (Å²) in [5.41, 5.74) is 0.335. The van der Waals surface area contributed by atoms with Gasteiger partial charge in [0.2, 0.25) is 11.2 Å². The number of halogens is 2. The number of nitrogens with zero attached hydrogens (tertiary/aromatic N) is 4. The summed E-state index contributed by atoms with van der Waals surface area (Å²) in [5, 5.41) is -0.0139. The van der Waals surface area contributed by atoms with Crippen LogP contribution in [0.2, 0.25) is 5.28 Å². The number of ether oxygens (including phenoxy) is 1. The van der Waals surface area contributed by atoms with Gasteiger partial charge >= 0.3 is 6.01 Å². The minimum Gasteiger partial charge on any atom is -0.467 e. The Labute approximate surface area is 108 Å². The lowest BCUT2D eigenvalue weighted by Gasteiger charge is -2.17. The van der Waals surface area contributed by atoms with Crippen LogP contribution >= 0.6 is 11.6 Å². The standard InChI is InChI=1S/C11H10ClFN4O/c1-17(8-6-4-3-5-7(8)13)10-14-9(12)15-11(16-10)18-2/h3-6H,1-2H3. The highest BCUT2D eigenvalue weighted by molar-refractivity contribution is 6.28. The van der Waals surface area contributed by atoms with Crippen molar-refractivity contribution in [2.75, 3.05) is 19.1 Å². The number of para-hydroxylation sites is 1. The van der Waals surface area contributed by atoms with E-state index >= 15 is 0 Å². The minimum atomic E-state index is -0.379. The van der Waals surface area contributed by atoms with Crippen molar-refractivity contribution in [3.63, 3.8) is 0 Å². The van der Waals surface area contributed by atoms with Crippen LogP contribution in [0.25, 0.3) is 0 Å². The van der Waals surface area contributed by atoms with Crippen LogP contribution in [0.4, 0.5) is 16.0 Å². The van der Waals surface area contributed by atoms with Crippen LogP contribution in [0.1, 0.15) is 0 Å². The Morgan fingerprint density at radius 1 is 1.22 bits per heavy atom. The first-order valence-corrected chi connectivity index (χ1v) is 5.43. The lowest BCUT2D eigenvalue weighted by Crippen LogP contribution is -2.15. The second-order valence-electron chi connectivity index (χ2n) is 3.40. The molecule has 0 bridgehead atoms. The van der Waals surface area contributed by atoms with Gasteiger partial charge in [0, 0.05) is 7.05 Å². The highest BCUT2D eigenvalue weighted by atomic mass is 35.5. The first-order valence-electron chi connectivity index (χ1n) is 5.05. The Kier molecular flexibility index (Phi) is 3.57. The number of benzene rings is 1. The highest BCUT2D eigenvalue weighted by Crippen LogP contribution is 2.24. The lowest BCUT2D eigenvalue weighted by atomic mass is 10.3. The van der Waals surface area contributed by atoms with Crippen LogP contribution in [-0.4, -0.2) is 29.1 Å². The van der Waals surface area contributed by atoms with Gasteiger partial charge in [-0.1, -0.05) is 12.1 Å². The third-order valence-corrected chi connectivity index (χ3v) is 2.44. The maximum atomic E-state index is 13.6. The van der Waals surface area contributed by atoms with Gasteiger partial charge in [-0.2, -0.15) is 15.0 Å². The third kappa shape index (κ3) is 2.48. The first kappa shape index (κ1) is 12.5. The quantitative estimate of drug-likeness (QED) is 0.856. The van der Waals surface area contributed by atoms with Crippen molar-refractivity contribution in [2.45, 2.75) is 0 Å². The van der Waals surface area contributed by atoms with Gasteiger partial charge < -0.3 is 9.64 Å². The summed E-state index contributed by atoms with van der Waals surface area (Å²) in [7, 11) is 3.04. The number of aromatic nitrogens is 3. The van der Waals surface area contributed by atoms with E-state index in [2.05, 4.69) is 15.0 Å². The molecule has 0 saturated heterocycles. The van der Waals surface area contributed by atoms with E-state index in [0.29, 0.717) is 5.69 Å². The Morgan fingerprint density at radius 3 is 2.61 bits per heavy atom. The third-order valence-electron chi connectivity index (χ3n) is 2.27. The number of hydrogen-bond acceptors (Lipinski definition) is 5. The molecule has 0 amide bonds. The molecule has 5 nitrogen and oxygen atoms in total. The van der Waals surface area contributed by atoms with E-state index in [-0.39, 0.29) is 23.1 Å². The van der Waals surface area contributed by atoms with Crippen LogP contribution in [-0.2, 0) is 0 Å². The summed E-state index contributed by atoms with van der Waals surface area (Å²) >= 11 is 5.74. The summed E-state index contributed by atoms with van der Waals surface area (Å²) in [4.78, 5) is 13.1. The van der Waals surface area contributed by atoms with Gasteiger partial charge in [-0.3, -0.25) is 0 Å². The van der Waals surface area contributed by atoms with Crippen molar-refractivity contribution in [1.82, 2.24) is 15.0 Å². The van der Waals surface area contributed by atoms with Crippen LogP contribution < -0.4 is 9.64 Å². The summed E-state index contributed by atoms with van der Waals surface area (Å²) in [6.45, 7) is 0. The second kappa shape index (κ2) is 5.14. The summed E-state index contributed by atoms with van der Waals surface area (Å²) < 4.78 is 18.5. The Balaban J connectivity index is 2.43. The van der Waals surface area contributed by atoms with Gasteiger partial charge in [0.05, 0.1) is 12.8 Å². The van der Waals surface area contributed by atoms with Gasteiger partial charge in [-0.15, -0.1) is 0 Å². The second-order valence-corrected chi connectivity index (χ2v) is 3.74. The monoisotopic (exact) mass is 268 g/mol. The Hall–Kier alpha value is -1.95. The van der Waals surface area contributed by atoms with E-state index in [1.807, 2.05) is 0 Å². The number of methoxy groups -OCH3 is 1. The maximum absolute atomic E-state index is 13.6. The zero-order chi connectivity index (χ0) is 13.1. The van der Waals surface area contributed by atoms with Crippen molar-refractivity contribution < 1.29 is 9.13 Å². The van der Waals surface area contributed by atoms with Crippen LogP contribution in [0, 0.1) is 5.82 Å². The molecule has 18 heavy (non-hydrogen) atoms. The molecule has 0 N–H and O–H groups in total. The average Bonchev–Trinajstić information content (AvgIpc) is 2.37. The molecular weight excluding hydrogens is 259 g/mol. The van der Waals surface area contributed by atoms with Gasteiger partial charge in [0.1, 0.15) is 5.82 Å². The highest BCUT2D eigenvalue weighted by Gasteiger charge is 2.14. The predicted molar refractivity (Wildman–Crippen MR) is 65.9 cm³/mol. The zero-order valence-electron chi connectivity index (χ0n) is 9.76. The molecule has 0 fully saturated rings. The van der Waals surface area contributed by atoms with Gasteiger partial charge in [-0.05, 0) is 23.7 Å². The molecule has 0 atom stereocenters. The zero-order valence-corrected chi connectivity index (χ0v) is 10.5. The number of rotatable bonds is 3. The molecule has 0 aliphatic heterocycles. The molecule has 2 aromatic rings. The van der Waals surface area contributed by atoms with E-state index in [9.17, 15) is 4.39 Å². The van der Waals surface area contributed by atoms with E-state index in [1.54, 1.807) is 25.2 Å². The Morgan fingerprint density at radius 2 is 1.94 bits per heavy atom. The van der Waals surface area contributed by atoms with E-state index < -0.39 is 0 Å². The molecule has 0 aliphatic rings. The SMILES string of the molecule is COc1nc(Cl)nc(N(C)c2ccccc2F)n1. The summed E-state index contributed by atoms with van der Waals surface area (Å²) in [6.07, 6.45) is 0. The van der Waals surface area contributed by atoms with Crippen LogP contribution in [0.15, 0.2) is 24.3 Å². The fourth-order valence-electron chi connectivity index (χ4n) is 1.39. The minimum absolute atomic E-state index is 0.0139. The van der Waals surface area contributed by atoms with Crippen LogP contribution in [0.5, 0.6) is 6.01 Å². The van der Waals surface area contributed by atoms with E-state index in [4.69, 9.17) is 16.3 Å². The van der Waals surface area contributed by atoms with Crippen molar-refractivity contribution in [3.8, 4) is 6.01 Å². The average molecular weight is 269 g/mol. The molecule has 0 radical (unpaired) electrons. The largest absolute Gasteiger partial charge is 0.467 e. The molecule has 0 spiro atoms. The molecule has 1 heterocycles. The van der Waals surface area contributed by atoms with Gasteiger partial charge in [0.25, 0.3) is 0 Å². The fraction of sp³-hybridized carbons (Fsp3) is 0.182. The summed E-state index contributed by atoms with van der Waals surface area (Å²) in [5.74, 6) is -0.174. The maximum Gasteiger partial charge on any atom is 0.322 e. The number of hydrogen-bond donors (Lipinski definition) is 0. The molecular formula is C11H10ClFN4O. The normalized spacial score (nSPS) is 10.2. The molecule has 0 saturated carbocycles. The van der Waals surface area contributed by atoms with Gasteiger partial charge in [0.15, 0.2) is 0 Å². The molecule has 0 unspecified atom stereocenters. The molecule has 0 aliphatic carbocycles. The van der Waals surface area contributed by atoms with Crippen LogP contribution in [0.3, 0.4) is 0 Å². The van der Waals surface area contributed by atoms with Crippen molar-refractivity contribution >= 4 is 23.2 Å². The molecule has 7 heteroatoms. The predicted octanol–water partition coefficient (Wildman–Crippen LogP) is 2.44. The van der Waals surface area contributed by atoms with E-state index in [0.717, 1.165) is 0 Å². The smallest absolute Gasteiger partial charge is 0.322 e. The molecule has 94 valence electrons. The van der Waals surface area contributed by atoms with Crippen molar-refractivity contribution in [1.29, 1.82) is 0 Å². The number of anilines is 2. The molecule has 2 rings (SSSR count). The topological polar surface area (TPSA) is 51.1 Å². The molecule has 1 aromatic carbocycles. The first-order chi connectivity index (χ1) is 8.61. The lowest BCUT2D eigenvalue weighted by molar-refractivity contribution is 0.378. The van der Waals surface area contributed by atoms with Gasteiger partial charge in [-0.25, -0.2) is 4.39 Å². The van der Waals surface area contributed by atoms with E-state index in [1.165, 1.54) is 18.1 Å². The Bertz CT molecular complexity index is 566. The van der Waals surface area contributed by atoms with Crippen molar-refractivity contribution in [2.24, 2.45) is 0 Å². The van der Waals surface area contributed by atoms with Crippen molar-refractivity contribution in [3.05, 3.63) is 35.4 Å². The summed E-state index contributed by atoms with van der Waals surface area (Å²) in [6, 6.07) is 6.36. The fourth-order valence-corrected chi connectivity index (χ4v) is 1.54.